The first-order valence-electron chi connectivity index (χ1n) is 4.08. The van der Waals surface area contributed by atoms with Gasteiger partial charge in [0.2, 0.25) is 0 Å². The van der Waals surface area contributed by atoms with Crippen molar-refractivity contribution >= 4 is 12.4 Å². The van der Waals surface area contributed by atoms with Crippen molar-refractivity contribution in [2.75, 3.05) is 0 Å². The van der Waals surface area contributed by atoms with Crippen molar-refractivity contribution in [2.45, 2.75) is 6.92 Å². The molecular weight excluding hydrogens is 160 g/mol. The van der Waals surface area contributed by atoms with E-state index in [0.29, 0.717) is 0 Å². The summed E-state index contributed by atoms with van der Waals surface area (Å²) < 4.78 is 0. The average molecular weight is 172 g/mol. The van der Waals surface area contributed by atoms with E-state index in [1.165, 1.54) is 0 Å². The molecule has 0 bridgehead atoms. The molecule has 0 unspecified atom stereocenters. The fraction of sp³-hybridized carbons (Fsp3) is 0.0909. The highest BCUT2D eigenvalue weighted by Gasteiger charge is 1.94. The predicted molar refractivity (Wildman–Crippen MR) is 56.6 cm³/mol. The molecule has 0 aliphatic heterocycles. The van der Waals surface area contributed by atoms with Gasteiger partial charge in [-0.3, -0.25) is 9.98 Å². The summed E-state index contributed by atoms with van der Waals surface area (Å²) >= 11 is 0. The first kappa shape index (κ1) is 9.39. The molecule has 0 saturated carbocycles. The van der Waals surface area contributed by atoms with Crippen LogP contribution >= 0.6 is 0 Å². The first-order chi connectivity index (χ1) is 6.38. The van der Waals surface area contributed by atoms with Gasteiger partial charge in [-0.1, -0.05) is 12.2 Å². The van der Waals surface area contributed by atoms with Crippen LogP contribution in [0.2, 0.25) is 0 Å². The number of allylic oxidation sites excluding steroid dienone is 3. The number of nitrogens with zero attached hydrogens (tertiary/aromatic N) is 2. The number of pyridine rings is 1. The van der Waals surface area contributed by atoms with E-state index >= 15 is 0 Å². The third-order valence-electron chi connectivity index (χ3n) is 1.59. The van der Waals surface area contributed by atoms with Crippen LogP contribution in [-0.2, 0) is 0 Å². The molecule has 2 nitrogen and oxygen atoms in total. The number of hydrogen-bond acceptors (Lipinski definition) is 2. The van der Waals surface area contributed by atoms with Crippen LogP contribution in [0, 0.1) is 0 Å². The lowest BCUT2D eigenvalue weighted by molar-refractivity contribution is 1.31. The van der Waals surface area contributed by atoms with E-state index in [2.05, 4.69) is 16.7 Å². The lowest BCUT2D eigenvalue weighted by Gasteiger charge is -1.98. The van der Waals surface area contributed by atoms with Crippen molar-refractivity contribution in [1.82, 2.24) is 4.98 Å². The molecule has 0 aliphatic carbocycles. The molecule has 0 aromatic carbocycles. The minimum Gasteiger partial charge on any atom is -0.265 e. The smallest absolute Gasteiger partial charge is 0.0695 e. The van der Waals surface area contributed by atoms with Crippen LogP contribution in [0.5, 0.6) is 0 Å². The molecule has 1 aromatic heterocycles. The van der Waals surface area contributed by atoms with E-state index < -0.39 is 0 Å². The Balaban J connectivity index is 2.98. The summed E-state index contributed by atoms with van der Waals surface area (Å²) in [4.78, 5) is 7.86. The standard InChI is InChI=1S/C11H12N2/c1-3-4-5-11(12-2)10-6-8-13-9-7-10/h3-9H,2H2,1H3/b4-3-,11-5-. The Labute approximate surface area is 78.4 Å². The molecule has 0 amide bonds. The van der Waals surface area contributed by atoms with E-state index in [-0.39, 0.29) is 0 Å². The summed E-state index contributed by atoms with van der Waals surface area (Å²) in [5.41, 5.74) is 1.89. The Bertz CT molecular complexity index is 323. The molecule has 1 rings (SSSR count). The van der Waals surface area contributed by atoms with Crippen LogP contribution < -0.4 is 0 Å². The Morgan fingerprint density at radius 2 is 2.15 bits per heavy atom. The lowest BCUT2D eigenvalue weighted by Crippen LogP contribution is -1.80. The van der Waals surface area contributed by atoms with E-state index in [4.69, 9.17) is 0 Å². The van der Waals surface area contributed by atoms with Gasteiger partial charge < -0.3 is 0 Å². The van der Waals surface area contributed by atoms with Crippen LogP contribution in [-0.4, -0.2) is 11.7 Å². The predicted octanol–water partition coefficient (Wildman–Crippen LogP) is 2.70. The van der Waals surface area contributed by atoms with E-state index in [1.54, 1.807) is 12.4 Å². The van der Waals surface area contributed by atoms with Crippen molar-refractivity contribution in [3.8, 4) is 0 Å². The Morgan fingerprint density at radius 3 is 2.69 bits per heavy atom. The van der Waals surface area contributed by atoms with Gasteiger partial charge in [0.25, 0.3) is 0 Å². The fourth-order valence-corrected chi connectivity index (χ4v) is 0.950. The summed E-state index contributed by atoms with van der Waals surface area (Å²) in [6.07, 6.45) is 9.28. The normalized spacial score (nSPS) is 11.9. The fourth-order valence-electron chi connectivity index (χ4n) is 0.950. The summed E-state index contributed by atoms with van der Waals surface area (Å²) in [5, 5.41) is 0. The Kier molecular flexibility index (Phi) is 3.64. The number of aliphatic imine (C=N–C) groups is 1. The van der Waals surface area contributed by atoms with Crippen molar-refractivity contribution in [3.05, 3.63) is 48.3 Å². The molecule has 0 N–H and O–H groups in total. The molecule has 0 radical (unpaired) electrons. The second kappa shape index (κ2) is 5.04. The van der Waals surface area contributed by atoms with Crippen molar-refractivity contribution < 1.29 is 0 Å². The second-order valence-corrected chi connectivity index (χ2v) is 2.47. The molecule has 0 atom stereocenters. The SMILES string of the molecule is C=N/C(=C\C=C/C)c1ccncc1. The zero-order chi connectivity index (χ0) is 9.52. The summed E-state index contributed by atoms with van der Waals surface area (Å²) in [6.45, 7) is 5.48. The van der Waals surface area contributed by atoms with Crippen LogP contribution in [0.25, 0.3) is 5.70 Å². The van der Waals surface area contributed by atoms with E-state index in [0.717, 1.165) is 11.3 Å². The number of aromatic nitrogens is 1. The first-order valence-corrected chi connectivity index (χ1v) is 4.08. The van der Waals surface area contributed by atoms with Crippen molar-refractivity contribution in [1.29, 1.82) is 0 Å². The summed E-state index contributed by atoms with van der Waals surface area (Å²) in [5.74, 6) is 0. The van der Waals surface area contributed by atoms with Gasteiger partial charge in [-0.15, -0.1) is 0 Å². The maximum atomic E-state index is 3.94. The summed E-state index contributed by atoms with van der Waals surface area (Å²) in [7, 11) is 0. The third kappa shape index (κ3) is 2.67. The lowest BCUT2D eigenvalue weighted by atomic mass is 10.2. The molecule has 0 saturated heterocycles. The quantitative estimate of drug-likeness (QED) is 0.508. The Hall–Kier alpha value is -1.70. The van der Waals surface area contributed by atoms with Gasteiger partial charge >= 0.3 is 0 Å². The van der Waals surface area contributed by atoms with Gasteiger partial charge in [0.05, 0.1) is 5.70 Å². The zero-order valence-corrected chi connectivity index (χ0v) is 7.64. The Morgan fingerprint density at radius 1 is 1.46 bits per heavy atom. The highest BCUT2D eigenvalue weighted by molar-refractivity contribution is 5.68. The maximum absolute atomic E-state index is 3.94. The summed E-state index contributed by atoms with van der Waals surface area (Å²) in [6, 6.07) is 3.81. The zero-order valence-electron chi connectivity index (χ0n) is 7.64. The van der Waals surface area contributed by atoms with Gasteiger partial charge in [0.15, 0.2) is 0 Å². The van der Waals surface area contributed by atoms with Gasteiger partial charge in [0, 0.05) is 18.0 Å². The van der Waals surface area contributed by atoms with Gasteiger partial charge in [0.1, 0.15) is 0 Å². The van der Waals surface area contributed by atoms with Gasteiger partial charge in [-0.25, -0.2) is 0 Å². The monoisotopic (exact) mass is 172 g/mol. The molecule has 66 valence electrons. The molecule has 1 heterocycles. The van der Waals surface area contributed by atoms with E-state index in [9.17, 15) is 0 Å². The van der Waals surface area contributed by atoms with Crippen molar-refractivity contribution in [2.24, 2.45) is 4.99 Å². The average Bonchev–Trinajstić information content (AvgIpc) is 2.21. The van der Waals surface area contributed by atoms with Crippen LogP contribution in [0.1, 0.15) is 12.5 Å². The topological polar surface area (TPSA) is 25.2 Å². The van der Waals surface area contributed by atoms with Gasteiger partial charge in [-0.2, -0.15) is 0 Å². The molecular formula is C11H12N2. The molecule has 2 heteroatoms. The number of rotatable bonds is 3. The van der Waals surface area contributed by atoms with Gasteiger partial charge in [-0.05, 0) is 31.9 Å². The highest BCUT2D eigenvalue weighted by atomic mass is 14.7. The number of hydrogen-bond donors (Lipinski definition) is 0. The van der Waals surface area contributed by atoms with Crippen LogP contribution in [0.4, 0.5) is 0 Å². The molecule has 13 heavy (non-hydrogen) atoms. The molecule has 0 fully saturated rings. The largest absolute Gasteiger partial charge is 0.265 e. The van der Waals surface area contributed by atoms with Crippen molar-refractivity contribution in [3.63, 3.8) is 0 Å². The molecule has 1 aromatic rings. The van der Waals surface area contributed by atoms with Crippen LogP contribution in [0.3, 0.4) is 0 Å². The minimum absolute atomic E-state index is 0.862. The van der Waals surface area contributed by atoms with Crippen LogP contribution in [0.15, 0.2) is 47.7 Å². The third-order valence-corrected chi connectivity index (χ3v) is 1.59. The molecule has 0 aliphatic rings. The maximum Gasteiger partial charge on any atom is 0.0695 e. The molecule has 0 spiro atoms. The minimum atomic E-state index is 0.862. The highest BCUT2D eigenvalue weighted by Crippen LogP contribution is 2.13. The van der Waals surface area contributed by atoms with E-state index in [1.807, 2.05) is 37.3 Å². The second-order valence-electron chi connectivity index (χ2n) is 2.47.